The van der Waals surface area contributed by atoms with E-state index in [1.165, 1.54) is 44.4 Å². The zero-order valence-corrected chi connectivity index (χ0v) is 19.8. The van der Waals surface area contributed by atoms with Gasteiger partial charge in [-0.15, -0.1) is 0 Å². The summed E-state index contributed by atoms with van der Waals surface area (Å²) in [6.45, 7) is 0. The molecule has 35 heavy (non-hydrogen) atoms. The Kier molecular flexibility index (Phi) is 6.93. The summed E-state index contributed by atoms with van der Waals surface area (Å²) in [5.74, 6) is 0.196. The minimum absolute atomic E-state index is 0.0431. The Bertz CT molecular complexity index is 1340. The lowest BCUT2D eigenvalue weighted by molar-refractivity contribution is 0.0843. The highest BCUT2D eigenvalue weighted by molar-refractivity contribution is 6.30. The lowest BCUT2D eigenvalue weighted by atomic mass is 10.1. The van der Waals surface area contributed by atoms with Crippen molar-refractivity contribution in [3.8, 4) is 34.4 Å². The summed E-state index contributed by atoms with van der Waals surface area (Å²) in [5.41, 5.74) is 6.11. The topological polar surface area (TPSA) is 117 Å². The third kappa shape index (κ3) is 4.92. The molecule has 180 valence electrons. The molecular weight excluding hydrogens is 476 g/mol. The number of hydrogen-bond donors (Lipinski definition) is 2. The average Bonchev–Trinajstić information content (AvgIpc) is 3.56. The number of halogens is 1. The fraction of sp³-hybridized carbons (Fsp3) is 0.125. The predicted molar refractivity (Wildman–Crippen MR) is 127 cm³/mol. The van der Waals surface area contributed by atoms with E-state index in [1.807, 2.05) is 0 Å². The molecule has 10 nitrogen and oxygen atoms in total. The Balaban J connectivity index is 1.57. The highest BCUT2D eigenvalue weighted by Gasteiger charge is 2.21. The number of nitrogens with one attached hydrogen (secondary N) is 2. The number of ether oxygens (including phenoxy) is 3. The molecule has 0 atom stereocenters. The molecule has 2 N–H and O–H groups in total. The highest BCUT2D eigenvalue weighted by atomic mass is 35.5. The van der Waals surface area contributed by atoms with Crippen molar-refractivity contribution in [2.24, 2.45) is 0 Å². The number of hydrazine groups is 1. The van der Waals surface area contributed by atoms with Crippen LogP contribution in [0.1, 0.15) is 20.8 Å². The smallest absolute Gasteiger partial charge is 0.290 e. The number of methoxy groups -OCH3 is 3. The molecule has 0 radical (unpaired) electrons. The van der Waals surface area contributed by atoms with E-state index in [2.05, 4.69) is 16.0 Å². The van der Waals surface area contributed by atoms with E-state index in [0.717, 1.165) is 0 Å². The van der Waals surface area contributed by atoms with Gasteiger partial charge in [0.25, 0.3) is 11.8 Å². The van der Waals surface area contributed by atoms with Crippen LogP contribution in [-0.2, 0) is 0 Å². The Morgan fingerprint density at radius 1 is 0.914 bits per heavy atom. The first-order valence-corrected chi connectivity index (χ1v) is 10.6. The van der Waals surface area contributed by atoms with E-state index >= 15 is 0 Å². The predicted octanol–water partition coefficient (Wildman–Crippen LogP) is 3.89. The van der Waals surface area contributed by atoms with Crippen molar-refractivity contribution in [3.05, 3.63) is 77.1 Å². The van der Waals surface area contributed by atoms with Gasteiger partial charge in [-0.1, -0.05) is 17.7 Å². The lowest BCUT2D eigenvalue weighted by Gasteiger charge is -2.14. The first kappa shape index (κ1) is 23.7. The lowest BCUT2D eigenvalue weighted by Crippen LogP contribution is -2.41. The number of rotatable bonds is 7. The minimum Gasteiger partial charge on any atom is -0.493 e. The molecule has 0 aliphatic rings. The summed E-state index contributed by atoms with van der Waals surface area (Å²) >= 11 is 6.13. The fourth-order valence-corrected chi connectivity index (χ4v) is 3.54. The molecule has 0 saturated carbocycles. The maximum Gasteiger partial charge on any atom is 0.290 e. The number of hydrogen-bond acceptors (Lipinski definition) is 7. The zero-order valence-electron chi connectivity index (χ0n) is 19.0. The van der Waals surface area contributed by atoms with Crippen molar-refractivity contribution in [1.29, 1.82) is 0 Å². The summed E-state index contributed by atoms with van der Waals surface area (Å²) in [7, 11) is 4.33. The number of nitrogens with zero attached hydrogens (tertiary/aromatic N) is 2. The fourth-order valence-electron chi connectivity index (χ4n) is 3.36. The number of furan rings is 1. The minimum atomic E-state index is -0.639. The number of amides is 2. The molecule has 0 spiro atoms. The average molecular weight is 497 g/mol. The molecule has 0 unspecified atom stereocenters. The van der Waals surface area contributed by atoms with E-state index in [1.54, 1.807) is 42.5 Å². The van der Waals surface area contributed by atoms with Gasteiger partial charge in [0, 0.05) is 16.7 Å². The molecule has 4 rings (SSSR count). The van der Waals surface area contributed by atoms with Gasteiger partial charge in [-0.3, -0.25) is 20.4 Å². The van der Waals surface area contributed by atoms with Crippen LogP contribution in [0.3, 0.4) is 0 Å². The van der Waals surface area contributed by atoms with Crippen LogP contribution in [0.15, 0.2) is 65.3 Å². The molecule has 2 amide bonds. The largest absolute Gasteiger partial charge is 0.493 e. The van der Waals surface area contributed by atoms with E-state index in [9.17, 15) is 9.59 Å². The maximum atomic E-state index is 12.8. The third-order valence-corrected chi connectivity index (χ3v) is 5.22. The molecule has 0 saturated heterocycles. The molecule has 2 aromatic carbocycles. The van der Waals surface area contributed by atoms with Crippen LogP contribution in [0.5, 0.6) is 17.2 Å². The SMILES string of the molecule is COc1cc(C(=O)NNC(=O)c2cc(-c3ccco3)n(-c3cccc(Cl)c3)n2)cc(OC)c1OC. The van der Waals surface area contributed by atoms with E-state index in [4.69, 9.17) is 30.2 Å². The van der Waals surface area contributed by atoms with Crippen molar-refractivity contribution in [3.63, 3.8) is 0 Å². The Labute approximate surface area is 205 Å². The van der Waals surface area contributed by atoms with Gasteiger partial charge in [0.15, 0.2) is 23.0 Å². The van der Waals surface area contributed by atoms with Crippen molar-refractivity contribution in [1.82, 2.24) is 20.6 Å². The van der Waals surface area contributed by atoms with Gasteiger partial charge in [-0.25, -0.2) is 4.68 Å². The summed E-state index contributed by atoms with van der Waals surface area (Å²) < 4.78 is 22.8. The molecule has 0 fully saturated rings. The van der Waals surface area contributed by atoms with Gasteiger partial charge in [0.05, 0.1) is 33.3 Å². The number of aromatic nitrogens is 2. The van der Waals surface area contributed by atoms with Crippen molar-refractivity contribution in [2.45, 2.75) is 0 Å². The molecular formula is C24H21ClN4O6. The molecule has 4 aromatic rings. The van der Waals surface area contributed by atoms with Gasteiger partial charge in [0.2, 0.25) is 5.75 Å². The van der Waals surface area contributed by atoms with Crippen LogP contribution < -0.4 is 25.1 Å². The number of benzene rings is 2. The second kappa shape index (κ2) is 10.2. The molecule has 11 heteroatoms. The summed E-state index contributed by atoms with van der Waals surface area (Å²) in [6, 6.07) is 14.9. The first-order chi connectivity index (χ1) is 16.9. The van der Waals surface area contributed by atoms with Crippen LogP contribution in [-0.4, -0.2) is 42.9 Å². The van der Waals surface area contributed by atoms with Crippen LogP contribution >= 0.6 is 11.6 Å². The van der Waals surface area contributed by atoms with E-state index in [-0.39, 0.29) is 11.3 Å². The normalized spacial score (nSPS) is 10.5. The van der Waals surface area contributed by atoms with Gasteiger partial charge in [-0.2, -0.15) is 5.10 Å². The second-order valence-electron chi connectivity index (χ2n) is 7.11. The van der Waals surface area contributed by atoms with Gasteiger partial charge >= 0.3 is 0 Å². The standard InChI is InChI=1S/C24H21ClN4O6/c1-32-20-10-14(11-21(33-2)22(20)34-3)23(30)26-27-24(31)17-13-18(19-8-5-9-35-19)29(28-17)16-7-4-6-15(25)12-16/h4-13H,1-3H3,(H,26,30)(H,27,31). The summed E-state index contributed by atoms with van der Waals surface area (Å²) in [5, 5.41) is 4.89. The summed E-state index contributed by atoms with van der Waals surface area (Å²) in [6.07, 6.45) is 1.52. The number of carbonyl (C=O) groups excluding carboxylic acids is 2. The van der Waals surface area contributed by atoms with E-state index < -0.39 is 11.8 Å². The van der Waals surface area contributed by atoms with Crippen molar-refractivity contribution >= 4 is 23.4 Å². The van der Waals surface area contributed by atoms with Gasteiger partial charge < -0.3 is 18.6 Å². The number of carbonyl (C=O) groups is 2. The Morgan fingerprint density at radius 3 is 2.23 bits per heavy atom. The highest BCUT2D eigenvalue weighted by Crippen LogP contribution is 2.38. The van der Waals surface area contributed by atoms with Crippen LogP contribution in [0, 0.1) is 0 Å². The maximum absolute atomic E-state index is 12.8. The first-order valence-electron chi connectivity index (χ1n) is 10.3. The van der Waals surface area contributed by atoms with Crippen LogP contribution in [0.25, 0.3) is 17.1 Å². The van der Waals surface area contributed by atoms with Crippen molar-refractivity contribution < 1.29 is 28.2 Å². The van der Waals surface area contributed by atoms with Gasteiger partial charge in [0.1, 0.15) is 5.69 Å². The van der Waals surface area contributed by atoms with Crippen LogP contribution in [0.4, 0.5) is 0 Å². The van der Waals surface area contributed by atoms with Crippen molar-refractivity contribution in [2.75, 3.05) is 21.3 Å². The Morgan fingerprint density at radius 2 is 1.63 bits per heavy atom. The molecule has 0 aliphatic heterocycles. The van der Waals surface area contributed by atoms with E-state index in [0.29, 0.717) is 39.4 Å². The third-order valence-electron chi connectivity index (χ3n) is 4.98. The quantitative estimate of drug-likeness (QED) is 0.373. The zero-order chi connectivity index (χ0) is 24.9. The molecule has 0 aliphatic carbocycles. The van der Waals surface area contributed by atoms with Gasteiger partial charge in [-0.05, 0) is 42.5 Å². The second-order valence-corrected chi connectivity index (χ2v) is 7.54. The molecule has 2 heterocycles. The molecule has 0 bridgehead atoms. The Hall–Kier alpha value is -4.44. The monoisotopic (exact) mass is 496 g/mol. The molecule has 2 aromatic heterocycles. The summed E-state index contributed by atoms with van der Waals surface area (Å²) in [4.78, 5) is 25.5. The van der Waals surface area contributed by atoms with Crippen LogP contribution in [0.2, 0.25) is 5.02 Å².